The summed E-state index contributed by atoms with van der Waals surface area (Å²) in [6.07, 6.45) is 2.64. The van der Waals surface area contributed by atoms with E-state index in [0.29, 0.717) is 17.8 Å². The Balaban J connectivity index is 1.42. The first-order chi connectivity index (χ1) is 15.8. The van der Waals surface area contributed by atoms with Crippen LogP contribution in [0.15, 0.2) is 71.9 Å². The van der Waals surface area contributed by atoms with Crippen molar-refractivity contribution in [1.29, 1.82) is 0 Å². The molecular weight excluding hydrogens is 451 g/mol. The molecule has 0 saturated carbocycles. The van der Waals surface area contributed by atoms with Gasteiger partial charge in [0.05, 0.1) is 16.7 Å². The summed E-state index contributed by atoms with van der Waals surface area (Å²) in [4.78, 5) is 18.2. The molecule has 2 heterocycles. The molecule has 1 aromatic heterocycles. The predicted molar refractivity (Wildman–Crippen MR) is 116 cm³/mol. The Morgan fingerprint density at radius 2 is 1.82 bits per heavy atom. The first-order valence-corrected chi connectivity index (χ1v) is 11.6. The van der Waals surface area contributed by atoms with Gasteiger partial charge in [-0.25, -0.2) is 22.3 Å². The third kappa shape index (κ3) is 5.10. The molecule has 1 aliphatic heterocycles. The van der Waals surface area contributed by atoms with Crippen LogP contribution >= 0.6 is 0 Å². The van der Waals surface area contributed by atoms with E-state index in [1.165, 1.54) is 59.2 Å². The number of aromatic nitrogens is 2. The number of sulfonamides is 1. The number of piperazine rings is 1. The van der Waals surface area contributed by atoms with Crippen molar-refractivity contribution in [3.8, 4) is 0 Å². The van der Waals surface area contributed by atoms with Gasteiger partial charge in [0.1, 0.15) is 12.0 Å². The predicted octanol–water partition coefficient (Wildman–Crippen LogP) is 1.72. The van der Waals surface area contributed by atoms with Gasteiger partial charge in [-0.05, 0) is 47.4 Å². The standard InChI is InChI=1S/C22H21FN4O5S/c23-18-5-7-19(8-6-18)25-11-13-26(14-12-25)33(30,31)20-4-1-3-17(15-20)22(28)32-16-21-24-9-2-10-27(21)29/h1-10,15H,11-14,16H2. The van der Waals surface area contributed by atoms with Crippen LogP contribution in [0.1, 0.15) is 16.2 Å². The lowest BCUT2D eigenvalue weighted by Crippen LogP contribution is -2.48. The van der Waals surface area contributed by atoms with Gasteiger partial charge in [0.15, 0.2) is 6.61 Å². The molecule has 1 fully saturated rings. The number of halogens is 1. The van der Waals surface area contributed by atoms with Crippen molar-refractivity contribution in [2.24, 2.45) is 0 Å². The molecule has 0 aliphatic carbocycles. The molecule has 172 valence electrons. The normalized spacial score (nSPS) is 14.8. The van der Waals surface area contributed by atoms with Crippen LogP contribution in [-0.4, -0.2) is 49.9 Å². The molecule has 0 bridgehead atoms. The van der Waals surface area contributed by atoms with E-state index in [1.807, 2.05) is 4.90 Å². The Morgan fingerprint density at radius 1 is 1.09 bits per heavy atom. The van der Waals surface area contributed by atoms with E-state index in [-0.39, 0.29) is 41.8 Å². The van der Waals surface area contributed by atoms with Gasteiger partial charge in [-0.3, -0.25) is 0 Å². The third-order valence-electron chi connectivity index (χ3n) is 5.26. The molecule has 1 aliphatic rings. The van der Waals surface area contributed by atoms with Crippen molar-refractivity contribution >= 4 is 21.7 Å². The first kappa shape index (κ1) is 22.6. The topological polar surface area (TPSA) is 107 Å². The molecule has 0 spiro atoms. The number of hydrogen-bond acceptors (Lipinski definition) is 7. The van der Waals surface area contributed by atoms with Crippen molar-refractivity contribution in [3.63, 3.8) is 0 Å². The second kappa shape index (κ2) is 9.51. The fourth-order valence-corrected chi connectivity index (χ4v) is 4.94. The van der Waals surface area contributed by atoms with Crippen LogP contribution in [-0.2, 0) is 21.4 Å². The van der Waals surface area contributed by atoms with Crippen LogP contribution in [0, 0.1) is 11.0 Å². The van der Waals surface area contributed by atoms with E-state index in [0.717, 1.165) is 5.69 Å². The van der Waals surface area contributed by atoms with Crippen LogP contribution < -0.4 is 9.63 Å². The smallest absolute Gasteiger partial charge is 0.339 e. The van der Waals surface area contributed by atoms with Crippen LogP contribution in [0.25, 0.3) is 0 Å². The Kier molecular flexibility index (Phi) is 6.52. The number of rotatable bonds is 6. The molecule has 11 heteroatoms. The van der Waals surface area contributed by atoms with Crippen LogP contribution in [0.3, 0.4) is 0 Å². The van der Waals surface area contributed by atoms with Crippen molar-refractivity contribution in [3.05, 3.63) is 89.4 Å². The van der Waals surface area contributed by atoms with Crippen molar-refractivity contribution in [2.75, 3.05) is 31.1 Å². The highest BCUT2D eigenvalue weighted by Gasteiger charge is 2.29. The van der Waals surface area contributed by atoms with Crippen LogP contribution in [0.5, 0.6) is 0 Å². The Morgan fingerprint density at radius 3 is 2.52 bits per heavy atom. The van der Waals surface area contributed by atoms with Crippen molar-refractivity contribution < 1.29 is 27.1 Å². The summed E-state index contributed by atoms with van der Waals surface area (Å²) >= 11 is 0. The fourth-order valence-electron chi connectivity index (χ4n) is 3.47. The van der Waals surface area contributed by atoms with E-state index in [4.69, 9.17) is 4.74 Å². The Labute approximate surface area is 190 Å². The minimum atomic E-state index is -3.83. The maximum absolute atomic E-state index is 13.1. The number of benzene rings is 2. The zero-order valence-corrected chi connectivity index (χ0v) is 18.3. The quantitative estimate of drug-likeness (QED) is 0.305. The van der Waals surface area contributed by atoms with Gasteiger partial charge in [0.2, 0.25) is 10.0 Å². The van der Waals surface area contributed by atoms with E-state index >= 15 is 0 Å². The number of carbonyl (C=O) groups excluding carboxylic acids is 1. The lowest BCUT2D eigenvalue weighted by Gasteiger charge is -2.35. The second-order valence-electron chi connectivity index (χ2n) is 7.33. The van der Waals surface area contributed by atoms with Crippen molar-refractivity contribution in [2.45, 2.75) is 11.5 Å². The molecule has 2 aromatic carbocycles. The summed E-state index contributed by atoms with van der Waals surface area (Å²) in [7, 11) is -3.83. The Bertz CT molecular complexity index is 1250. The zero-order chi connectivity index (χ0) is 23.4. The largest absolute Gasteiger partial charge is 0.711 e. The molecule has 9 nitrogen and oxygen atoms in total. The van der Waals surface area contributed by atoms with Gasteiger partial charge in [0, 0.05) is 37.9 Å². The summed E-state index contributed by atoms with van der Waals surface area (Å²) in [5.41, 5.74) is 0.875. The van der Waals surface area contributed by atoms with Crippen molar-refractivity contribution in [1.82, 2.24) is 9.29 Å². The number of ether oxygens (including phenoxy) is 1. The molecule has 33 heavy (non-hydrogen) atoms. The van der Waals surface area contributed by atoms with E-state index in [1.54, 1.807) is 12.1 Å². The second-order valence-corrected chi connectivity index (χ2v) is 9.27. The highest BCUT2D eigenvalue weighted by Crippen LogP contribution is 2.22. The minimum absolute atomic E-state index is 0.00801. The average molecular weight is 472 g/mol. The highest BCUT2D eigenvalue weighted by atomic mass is 32.2. The monoisotopic (exact) mass is 472 g/mol. The lowest BCUT2D eigenvalue weighted by atomic mass is 10.2. The van der Waals surface area contributed by atoms with Gasteiger partial charge in [-0.15, -0.1) is 0 Å². The van der Waals surface area contributed by atoms with E-state index in [9.17, 15) is 22.8 Å². The number of anilines is 1. The minimum Gasteiger partial charge on any atom is -0.711 e. The van der Waals surface area contributed by atoms with Crippen LogP contribution in [0.2, 0.25) is 0 Å². The summed E-state index contributed by atoms with van der Waals surface area (Å²) in [5, 5.41) is 11.6. The SMILES string of the molecule is O=C(OCc1nccc[n+]1[O-])c1cccc(S(=O)(=O)N2CCN(c3ccc(F)cc3)CC2)c1. The van der Waals surface area contributed by atoms with Gasteiger partial charge in [-0.2, -0.15) is 4.31 Å². The molecule has 0 radical (unpaired) electrons. The molecular formula is C22H21FN4O5S. The molecule has 4 rings (SSSR count). The number of carbonyl (C=O) groups is 1. The average Bonchev–Trinajstić information content (AvgIpc) is 2.84. The molecule has 0 N–H and O–H groups in total. The maximum atomic E-state index is 13.1. The Hall–Kier alpha value is -3.57. The molecule has 0 unspecified atom stereocenters. The summed E-state index contributed by atoms with van der Waals surface area (Å²) in [6, 6.07) is 13.1. The zero-order valence-electron chi connectivity index (χ0n) is 17.5. The van der Waals surface area contributed by atoms with Gasteiger partial charge < -0.3 is 14.8 Å². The number of nitrogens with zero attached hydrogens (tertiary/aromatic N) is 4. The van der Waals surface area contributed by atoms with Crippen LogP contribution in [0.4, 0.5) is 10.1 Å². The van der Waals surface area contributed by atoms with Gasteiger partial charge >= 0.3 is 11.8 Å². The molecule has 0 amide bonds. The van der Waals surface area contributed by atoms with Gasteiger partial charge in [-0.1, -0.05) is 6.07 Å². The first-order valence-electron chi connectivity index (χ1n) is 10.2. The lowest BCUT2D eigenvalue weighted by molar-refractivity contribution is -0.620. The molecule has 1 saturated heterocycles. The maximum Gasteiger partial charge on any atom is 0.339 e. The number of hydrogen-bond donors (Lipinski definition) is 0. The van der Waals surface area contributed by atoms with E-state index < -0.39 is 16.0 Å². The molecule has 0 atom stereocenters. The fraction of sp³-hybridized carbons (Fsp3) is 0.227. The molecule has 3 aromatic rings. The van der Waals surface area contributed by atoms with E-state index in [2.05, 4.69) is 4.98 Å². The highest BCUT2D eigenvalue weighted by molar-refractivity contribution is 7.89. The summed E-state index contributed by atoms with van der Waals surface area (Å²) in [5.74, 6) is -1.09. The summed E-state index contributed by atoms with van der Waals surface area (Å²) < 4.78 is 46.3. The number of esters is 1. The third-order valence-corrected chi connectivity index (χ3v) is 7.15. The van der Waals surface area contributed by atoms with Gasteiger partial charge in [0.25, 0.3) is 0 Å². The summed E-state index contributed by atoms with van der Waals surface area (Å²) in [6.45, 7) is 1.05.